The van der Waals surface area contributed by atoms with Gasteiger partial charge in [0.05, 0.1) is 13.2 Å². The predicted octanol–water partition coefficient (Wildman–Crippen LogP) is 5.23. The largest absolute Gasteiger partial charge is 0.493 e. The van der Waals surface area contributed by atoms with Crippen LogP contribution in [0, 0.1) is 0 Å². The van der Waals surface area contributed by atoms with Crippen molar-refractivity contribution < 1.29 is 13.9 Å². The number of hydrogen-bond donors (Lipinski definition) is 1. The first-order valence-electron chi connectivity index (χ1n) is 8.77. The molecule has 1 amide bonds. The lowest BCUT2D eigenvalue weighted by Crippen LogP contribution is -2.26. The number of benzene rings is 2. The molecule has 0 aliphatic rings. The van der Waals surface area contributed by atoms with Crippen molar-refractivity contribution in [3.63, 3.8) is 0 Å². The quantitative estimate of drug-likeness (QED) is 0.700. The lowest BCUT2D eigenvalue weighted by molar-refractivity contribution is 0.0914. The van der Waals surface area contributed by atoms with Gasteiger partial charge in [-0.25, -0.2) is 0 Å². The monoisotopic (exact) mass is 351 g/mol. The molecule has 2 aromatic carbocycles. The molecule has 0 aliphatic heterocycles. The summed E-state index contributed by atoms with van der Waals surface area (Å²) >= 11 is 0. The number of ether oxygens (including phenoxy) is 1. The van der Waals surface area contributed by atoms with Gasteiger partial charge in [-0.15, -0.1) is 0 Å². The zero-order valence-corrected chi connectivity index (χ0v) is 15.9. The highest BCUT2D eigenvalue weighted by atomic mass is 16.5. The van der Waals surface area contributed by atoms with Gasteiger partial charge in [-0.05, 0) is 35.6 Å². The van der Waals surface area contributed by atoms with Crippen molar-refractivity contribution in [2.24, 2.45) is 0 Å². The number of para-hydroxylation sites is 1. The van der Waals surface area contributed by atoms with Gasteiger partial charge >= 0.3 is 0 Å². The maximum absolute atomic E-state index is 12.6. The van der Waals surface area contributed by atoms with Crippen LogP contribution in [0.4, 0.5) is 0 Å². The number of fused-ring (bicyclic) bond motifs is 1. The molecule has 0 bridgehead atoms. The molecule has 1 N–H and O–H groups in total. The van der Waals surface area contributed by atoms with Gasteiger partial charge in [0.15, 0.2) is 17.1 Å². The number of amides is 1. The Morgan fingerprint density at radius 3 is 2.42 bits per heavy atom. The first-order valence-corrected chi connectivity index (χ1v) is 8.77. The second-order valence-electron chi connectivity index (χ2n) is 7.56. The summed E-state index contributed by atoms with van der Waals surface area (Å²) < 4.78 is 11.0. The van der Waals surface area contributed by atoms with E-state index in [1.165, 1.54) is 5.56 Å². The Labute approximate surface area is 154 Å². The van der Waals surface area contributed by atoms with Crippen molar-refractivity contribution in [3.8, 4) is 5.75 Å². The lowest BCUT2D eigenvalue weighted by atomic mass is 9.86. The minimum absolute atomic E-state index is 0.109. The van der Waals surface area contributed by atoms with Gasteiger partial charge in [-0.3, -0.25) is 4.79 Å². The van der Waals surface area contributed by atoms with Crippen LogP contribution < -0.4 is 10.1 Å². The highest BCUT2D eigenvalue weighted by molar-refractivity contribution is 5.97. The van der Waals surface area contributed by atoms with E-state index < -0.39 is 0 Å². The molecule has 136 valence electrons. The summed E-state index contributed by atoms with van der Waals surface area (Å²) in [5, 5.41) is 3.84. The van der Waals surface area contributed by atoms with Crippen molar-refractivity contribution in [1.82, 2.24) is 5.32 Å². The Kier molecular flexibility index (Phi) is 4.77. The predicted molar refractivity (Wildman–Crippen MR) is 104 cm³/mol. The van der Waals surface area contributed by atoms with Gasteiger partial charge in [-0.2, -0.15) is 0 Å². The van der Waals surface area contributed by atoms with Crippen molar-refractivity contribution >= 4 is 16.9 Å². The summed E-state index contributed by atoms with van der Waals surface area (Å²) in [7, 11) is 1.58. The molecule has 0 fully saturated rings. The molecule has 0 saturated carbocycles. The molecule has 0 aliphatic carbocycles. The average molecular weight is 351 g/mol. The fourth-order valence-electron chi connectivity index (χ4n) is 2.93. The SMILES string of the molecule is COc1cccc2cc(C(=O)NC(C)c3ccc(C(C)(C)C)cc3)oc12. The van der Waals surface area contributed by atoms with Gasteiger partial charge in [0.1, 0.15) is 0 Å². The lowest BCUT2D eigenvalue weighted by Gasteiger charge is -2.20. The van der Waals surface area contributed by atoms with E-state index in [1.54, 1.807) is 13.2 Å². The van der Waals surface area contributed by atoms with E-state index in [4.69, 9.17) is 9.15 Å². The minimum Gasteiger partial charge on any atom is -0.493 e. The topological polar surface area (TPSA) is 51.5 Å². The molecule has 1 aromatic heterocycles. The summed E-state index contributed by atoms with van der Waals surface area (Å²) in [5.41, 5.74) is 3.02. The Bertz CT molecular complexity index is 917. The number of carbonyl (C=O) groups excluding carboxylic acids is 1. The van der Waals surface area contributed by atoms with Crippen molar-refractivity contribution in [3.05, 3.63) is 65.4 Å². The minimum atomic E-state index is -0.240. The molecule has 1 unspecified atom stereocenters. The van der Waals surface area contributed by atoms with E-state index in [0.717, 1.165) is 10.9 Å². The molecular weight excluding hydrogens is 326 g/mol. The number of nitrogens with one attached hydrogen (secondary N) is 1. The van der Waals surface area contributed by atoms with Gasteiger partial charge in [0, 0.05) is 5.39 Å². The molecule has 0 spiro atoms. The molecule has 4 heteroatoms. The summed E-state index contributed by atoms with van der Waals surface area (Å²) in [6.07, 6.45) is 0. The van der Waals surface area contributed by atoms with Crippen LogP contribution in [0.3, 0.4) is 0 Å². The van der Waals surface area contributed by atoms with E-state index in [9.17, 15) is 4.79 Å². The van der Waals surface area contributed by atoms with E-state index in [2.05, 4.69) is 50.4 Å². The Morgan fingerprint density at radius 1 is 1.12 bits per heavy atom. The molecular formula is C22H25NO3. The van der Waals surface area contributed by atoms with Crippen molar-refractivity contribution in [1.29, 1.82) is 0 Å². The smallest absolute Gasteiger partial charge is 0.287 e. The van der Waals surface area contributed by atoms with Gasteiger partial charge < -0.3 is 14.5 Å². The number of rotatable bonds is 4. The maximum atomic E-state index is 12.6. The second kappa shape index (κ2) is 6.87. The van der Waals surface area contributed by atoms with Crippen LogP contribution in [0.25, 0.3) is 11.0 Å². The number of carbonyl (C=O) groups is 1. The standard InChI is InChI=1S/C22H25NO3/c1-14(15-9-11-17(12-10-15)22(2,3)4)23-21(24)19-13-16-7-6-8-18(25-5)20(16)26-19/h6-14H,1-5H3,(H,23,24). The van der Waals surface area contributed by atoms with Crippen LogP contribution in [0.1, 0.15) is 55.4 Å². The average Bonchev–Trinajstić information content (AvgIpc) is 3.05. The number of hydrogen-bond acceptors (Lipinski definition) is 3. The van der Waals surface area contributed by atoms with Crippen LogP contribution in [0.15, 0.2) is 52.9 Å². The maximum Gasteiger partial charge on any atom is 0.287 e. The fraction of sp³-hybridized carbons (Fsp3) is 0.318. The molecule has 3 aromatic rings. The first-order chi connectivity index (χ1) is 12.3. The van der Waals surface area contributed by atoms with Gasteiger partial charge in [-0.1, -0.05) is 57.2 Å². The van der Waals surface area contributed by atoms with E-state index in [-0.39, 0.29) is 23.1 Å². The fourth-order valence-corrected chi connectivity index (χ4v) is 2.93. The molecule has 1 atom stereocenters. The van der Waals surface area contributed by atoms with E-state index in [0.29, 0.717) is 11.3 Å². The molecule has 26 heavy (non-hydrogen) atoms. The Hall–Kier alpha value is -2.75. The van der Waals surface area contributed by atoms with Crippen molar-refractivity contribution in [2.45, 2.75) is 39.2 Å². The highest BCUT2D eigenvalue weighted by Crippen LogP contribution is 2.29. The molecule has 4 nitrogen and oxygen atoms in total. The third-order valence-electron chi connectivity index (χ3n) is 4.58. The number of furan rings is 1. The normalized spacial score (nSPS) is 12.8. The second-order valence-corrected chi connectivity index (χ2v) is 7.56. The first kappa shape index (κ1) is 18.1. The van der Waals surface area contributed by atoms with E-state index >= 15 is 0 Å². The van der Waals surface area contributed by atoms with E-state index in [1.807, 2.05) is 25.1 Å². The third-order valence-corrected chi connectivity index (χ3v) is 4.58. The molecule has 3 rings (SSSR count). The summed E-state index contributed by atoms with van der Waals surface area (Å²) in [6, 6.07) is 15.6. The molecule has 1 heterocycles. The third kappa shape index (κ3) is 3.59. The molecule has 0 saturated heterocycles. The molecule has 0 radical (unpaired) electrons. The van der Waals surface area contributed by atoms with Crippen LogP contribution >= 0.6 is 0 Å². The van der Waals surface area contributed by atoms with Gasteiger partial charge in [0.25, 0.3) is 5.91 Å². The van der Waals surface area contributed by atoms with Crippen LogP contribution in [0.2, 0.25) is 0 Å². The van der Waals surface area contributed by atoms with Gasteiger partial charge in [0.2, 0.25) is 0 Å². The van der Waals surface area contributed by atoms with Crippen LogP contribution in [-0.4, -0.2) is 13.0 Å². The zero-order valence-electron chi connectivity index (χ0n) is 15.9. The van der Waals surface area contributed by atoms with Crippen LogP contribution in [-0.2, 0) is 5.41 Å². The highest BCUT2D eigenvalue weighted by Gasteiger charge is 2.18. The Balaban J connectivity index is 1.77. The van der Waals surface area contributed by atoms with Crippen molar-refractivity contribution in [2.75, 3.05) is 7.11 Å². The summed E-state index contributed by atoms with van der Waals surface area (Å²) in [4.78, 5) is 12.6. The summed E-state index contributed by atoms with van der Waals surface area (Å²) in [6.45, 7) is 8.52. The zero-order chi connectivity index (χ0) is 18.9. The van der Waals surface area contributed by atoms with Crippen LogP contribution in [0.5, 0.6) is 5.75 Å². The Morgan fingerprint density at radius 2 is 1.81 bits per heavy atom. The number of methoxy groups -OCH3 is 1. The summed E-state index contributed by atoms with van der Waals surface area (Å²) in [5.74, 6) is 0.658.